The Labute approximate surface area is 152 Å². The SMILES string of the molecule is CCCC1(O)OC2(CCN(C(C)(C)CCOC)CC2)c2ccccc21. The number of ether oxygens (including phenoxy) is 2. The molecule has 0 aliphatic carbocycles. The highest BCUT2D eigenvalue weighted by atomic mass is 16.6. The highest BCUT2D eigenvalue weighted by molar-refractivity contribution is 5.40. The molecule has 0 amide bonds. The number of benzene rings is 1. The minimum absolute atomic E-state index is 0.120. The van der Waals surface area contributed by atoms with Gasteiger partial charge in [0.25, 0.3) is 0 Å². The van der Waals surface area contributed by atoms with Crippen LogP contribution in [0.3, 0.4) is 0 Å². The first kappa shape index (κ1) is 18.8. The van der Waals surface area contributed by atoms with E-state index >= 15 is 0 Å². The highest BCUT2D eigenvalue weighted by Crippen LogP contribution is 2.53. The Morgan fingerprint density at radius 1 is 1.20 bits per heavy atom. The fourth-order valence-corrected chi connectivity index (χ4v) is 4.53. The minimum Gasteiger partial charge on any atom is -0.385 e. The standard InChI is InChI=1S/C21H33NO3/c1-5-10-21(23)18-9-7-6-8-17(18)20(25-21)11-14-22(15-12-20)19(2,3)13-16-24-4/h6-9,23H,5,10-16H2,1-4H3. The van der Waals surface area contributed by atoms with E-state index < -0.39 is 5.79 Å². The molecule has 2 heterocycles. The van der Waals surface area contributed by atoms with Gasteiger partial charge in [0.1, 0.15) is 0 Å². The summed E-state index contributed by atoms with van der Waals surface area (Å²) in [6.07, 6.45) is 4.42. The smallest absolute Gasteiger partial charge is 0.193 e. The second kappa shape index (κ2) is 6.99. The largest absolute Gasteiger partial charge is 0.385 e. The molecule has 4 nitrogen and oxygen atoms in total. The maximum Gasteiger partial charge on any atom is 0.193 e. The number of hydrogen-bond donors (Lipinski definition) is 1. The molecule has 1 unspecified atom stereocenters. The van der Waals surface area contributed by atoms with Crippen LogP contribution in [0.5, 0.6) is 0 Å². The molecule has 1 saturated heterocycles. The van der Waals surface area contributed by atoms with E-state index in [9.17, 15) is 5.11 Å². The Kier molecular flexibility index (Phi) is 5.27. The summed E-state index contributed by atoms with van der Waals surface area (Å²) in [6, 6.07) is 8.25. The van der Waals surface area contributed by atoms with Crippen molar-refractivity contribution < 1.29 is 14.6 Å². The number of aliphatic hydroxyl groups is 1. The van der Waals surface area contributed by atoms with Crippen molar-refractivity contribution in [1.82, 2.24) is 4.90 Å². The number of rotatable bonds is 6. The molecule has 0 aromatic heterocycles. The highest BCUT2D eigenvalue weighted by Gasteiger charge is 2.53. The first-order valence-electron chi connectivity index (χ1n) is 9.63. The van der Waals surface area contributed by atoms with E-state index in [-0.39, 0.29) is 11.1 Å². The minimum atomic E-state index is -1.13. The zero-order chi connectivity index (χ0) is 18.1. The molecular formula is C21H33NO3. The van der Waals surface area contributed by atoms with Crippen LogP contribution in [0, 0.1) is 0 Å². The molecule has 0 saturated carbocycles. The van der Waals surface area contributed by atoms with Crippen molar-refractivity contribution in [3.05, 3.63) is 35.4 Å². The lowest BCUT2D eigenvalue weighted by Gasteiger charge is -2.47. The lowest BCUT2D eigenvalue weighted by molar-refractivity contribution is -0.273. The number of methoxy groups -OCH3 is 1. The van der Waals surface area contributed by atoms with Crippen LogP contribution in [-0.4, -0.2) is 42.4 Å². The average Bonchev–Trinajstić information content (AvgIpc) is 2.83. The van der Waals surface area contributed by atoms with Crippen molar-refractivity contribution >= 4 is 0 Å². The number of nitrogens with zero attached hydrogens (tertiary/aromatic N) is 1. The molecule has 1 fully saturated rings. The van der Waals surface area contributed by atoms with Crippen molar-refractivity contribution in [2.45, 2.75) is 69.8 Å². The first-order valence-corrected chi connectivity index (χ1v) is 9.63. The van der Waals surface area contributed by atoms with E-state index in [1.54, 1.807) is 7.11 Å². The van der Waals surface area contributed by atoms with Crippen LogP contribution < -0.4 is 0 Å². The van der Waals surface area contributed by atoms with Gasteiger partial charge >= 0.3 is 0 Å². The van der Waals surface area contributed by atoms with Crippen molar-refractivity contribution in [1.29, 1.82) is 0 Å². The van der Waals surface area contributed by atoms with Crippen LogP contribution in [0.4, 0.5) is 0 Å². The maximum atomic E-state index is 11.2. The maximum absolute atomic E-state index is 11.2. The van der Waals surface area contributed by atoms with Crippen molar-refractivity contribution in [2.24, 2.45) is 0 Å². The molecule has 1 N–H and O–H groups in total. The number of piperidine rings is 1. The van der Waals surface area contributed by atoms with E-state index in [0.29, 0.717) is 6.42 Å². The normalized spacial score (nSPS) is 26.1. The van der Waals surface area contributed by atoms with E-state index in [1.807, 2.05) is 12.1 Å². The van der Waals surface area contributed by atoms with E-state index in [0.717, 1.165) is 50.9 Å². The predicted molar refractivity (Wildman–Crippen MR) is 99.4 cm³/mol. The molecule has 1 atom stereocenters. The summed E-state index contributed by atoms with van der Waals surface area (Å²) < 4.78 is 11.7. The fourth-order valence-electron chi connectivity index (χ4n) is 4.53. The molecule has 1 aromatic carbocycles. The Hall–Kier alpha value is -0.940. The monoisotopic (exact) mass is 347 g/mol. The molecule has 1 spiro atoms. The number of hydrogen-bond acceptors (Lipinski definition) is 4. The van der Waals surface area contributed by atoms with E-state index in [1.165, 1.54) is 5.56 Å². The van der Waals surface area contributed by atoms with Crippen LogP contribution in [0.2, 0.25) is 0 Å². The van der Waals surface area contributed by atoms with Crippen molar-refractivity contribution in [3.63, 3.8) is 0 Å². The van der Waals surface area contributed by atoms with Gasteiger partial charge in [0.2, 0.25) is 0 Å². The van der Waals surface area contributed by atoms with Gasteiger partial charge in [-0.15, -0.1) is 0 Å². The number of fused-ring (bicyclic) bond motifs is 2. The third kappa shape index (κ3) is 3.37. The number of likely N-dealkylation sites (tertiary alicyclic amines) is 1. The van der Waals surface area contributed by atoms with Gasteiger partial charge in [0.15, 0.2) is 5.79 Å². The quantitative estimate of drug-likeness (QED) is 0.851. The average molecular weight is 347 g/mol. The summed E-state index contributed by atoms with van der Waals surface area (Å²) in [7, 11) is 1.76. The summed E-state index contributed by atoms with van der Waals surface area (Å²) >= 11 is 0. The van der Waals surface area contributed by atoms with Crippen LogP contribution in [0.25, 0.3) is 0 Å². The molecule has 3 rings (SSSR count). The second-order valence-electron chi connectivity index (χ2n) is 8.22. The van der Waals surface area contributed by atoms with Crippen LogP contribution >= 0.6 is 0 Å². The molecule has 140 valence electrons. The second-order valence-corrected chi connectivity index (χ2v) is 8.22. The Morgan fingerprint density at radius 2 is 1.84 bits per heavy atom. The molecule has 0 radical (unpaired) electrons. The molecule has 25 heavy (non-hydrogen) atoms. The van der Waals surface area contributed by atoms with E-state index in [4.69, 9.17) is 9.47 Å². The lowest BCUT2D eigenvalue weighted by atomic mass is 9.81. The Morgan fingerprint density at radius 3 is 2.44 bits per heavy atom. The van der Waals surface area contributed by atoms with Crippen molar-refractivity contribution in [3.8, 4) is 0 Å². The van der Waals surface area contributed by atoms with Gasteiger partial charge in [-0.25, -0.2) is 0 Å². The Bertz CT molecular complexity index is 593. The van der Waals surface area contributed by atoms with Crippen LogP contribution in [0.15, 0.2) is 24.3 Å². The van der Waals surface area contributed by atoms with Crippen LogP contribution in [-0.2, 0) is 20.9 Å². The topological polar surface area (TPSA) is 41.9 Å². The van der Waals surface area contributed by atoms with Gasteiger partial charge in [-0.2, -0.15) is 0 Å². The first-order chi connectivity index (χ1) is 11.9. The third-order valence-electron chi connectivity index (χ3n) is 6.14. The third-order valence-corrected chi connectivity index (χ3v) is 6.14. The van der Waals surface area contributed by atoms with Gasteiger partial charge in [0, 0.05) is 44.3 Å². The van der Waals surface area contributed by atoms with Gasteiger partial charge in [-0.05, 0) is 38.7 Å². The fraction of sp³-hybridized carbons (Fsp3) is 0.714. The molecular weight excluding hydrogens is 314 g/mol. The van der Waals surface area contributed by atoms with Gasteiger partial charge in [-0.3, -0.25) is 4.90 Å². The van der Waals surface area contributed by atoms with Crippen molar-refractivity contribution in [2.75, 3.05) is 26.8 Å². The Balaban J connectivity index is 1.79. The molecule has 2 aliphatic heterocycles. The lowest BCUT2D eigenvalue weighted by Crippen LogP contribution is -2.52. The van der Waals surface area contributed by atoms with Crippen LogP contribution in [0.1, 0.15) is 64.0 Å². The van der Waals surface area contributed by atoms with Gasteiger partial charge in [0.05, 0.1) is 5.60 Å². The summed E-state index contributed by atoms with van der Waals surface area (Å²) in [5.74, 6) is -1.13. The zero-order valence-corrected chi connectivity index (χ0v) is 16.2. The molecule has 2 aliphatic rings. The summed E-state index contributed by atoms with van der Waals surface area (Å²) in [4.78, 5) is 2.54. The summed E-state index contributed by atoms with van der Waals surface area (Å²) in [5, 5.41) is 11.2. The zero-order valence-electron chi connectivity index (χ0n) is 16.2. The molecule has 4 heteroatoms. The molecule has 1 aromatic rings. The summed E-state index contributed by atoms with van der Waals surface area (Å²) in [5.41, 5.74) is 1.95. The van der Waals surface area contributed by atoms with Gasteiger partial charge < -0.3 is 14.6 Å². The predicted octanol–water partition coefficient (Wildman–Crippen LogP) is 3.77. The van der Waals surface area contributed by atoms with E-state index in [2.05, 4.69) is 37.8 Å². The molecule has 0 bridgehead atoms. The van der Waals surface area contributed by atoms with Gasteiger partial charge in [-0.1, -0.05) is 37.6 Å². The summed E-state index contributed by atoms with van der Waals surface area (Å²) in [6.45, 7) is 9.42.